The molecule has 0 saturated heterocycles. The van der Waals surface area contributed by atoms with E-state index in [1.165, 1.54) is 12.1 Å². The van der Waals surface area contributed by atoms with Gasteiger partial charge in [0.25, 0.3) is 5.91 Å². The van der Waals surface area contributed by atoms with Crippen molar-refractivity contribution in [2.24, 2.45) is 0 Å². The normalized spacial score (nSPS) is 18.0. The average molecular weight is 431 g/mol. The number of carbonyl (C=O) groups is 3. The van der Waals surface area contributed by atoms with Gasteiger partial charge in [0.15, 0.2) is 0 Å². The highest BCUT2D eigenvalue weighted by atomic mass is 19.4. The number of hydrogen-bond acceptors (Lipinski definition) is 3. The van der Waals surface area contributed by atoms with Crippen molar-refractivity contribution in [2.45, 2.75) is 37.6 Å². The van der Waals surface area contributed by atoms with E-state index in [-0.39, 0.29) is 25.0 Å². The fraction of sp³-hybridized carbons (Fsp3) is 0.318. The van der Waals surface area contributed by atoms with Crippen LogP contribution in [0.1, 0.15) is 45.9 Å². The Balaban J connectivity index is 1.35. The molecule has 1 unspecified atom stereocenters. The van der Waals surface area contributed by atoms with Crippen molar-refractivity contribution in [3.8, 4) is 0 Å². The third-order valence-corrected chi connectivity index (χ3v) is 5.35. The number of rotatable bonds is 6. The molecule has 0 bridgehead atoms. The number of halogens is 3. The van der Waals surface area contributed by atoms with Crippen LogP contribution >= 0.6 is 0 Å². The summed E-state index contributed by atoms with van der Waals surface area (Å²) in [5.41, 5.74) is 0.604. The largest absolute Gasteiger partial charge is 0.416 e. The molecule has 0 spiro atoms. The van der Waals surface area contributed by atoms with Gasteiger partial charge in [-0.15, -0.1) is 0 Å². The van der Waals surface area contributed by atoms with E-state index >= 15 is 0 Å². The molecule has 3 amide bonds. The summed E-state index contributed by atoms with van der Waals surface area (Å²) in [5, 5.41) is 5.04. The Morgan fingerprint density at radius 3 is 2.48 bits per heavy atom. The van der Waals surface area contributed by atoms with Crippen molar-refractivity contribution in [2.75, 3.05) is 6.54 Å². The van der Waals surface area contributed by atoms with E-state index < -0.39 is 29.6 Å². The summed E-state index contributed by atoms with van der Waals surface area (Å²) in [6.07, 6.45) is -2.79. The molecule has 31 heavy (non-hydrogen) atoms. The molecule has 162 valence electrons. The SMILES string of the molecule is O=C(CNC(=O)C1c2ccccc2C(=O)N1C1CC1)NCc1cccc(C(F)(F)F)c1. The van der Waals surface area contributed by atoms with Crippen LogP contribution in [0.3, 0.4) is 0 Å². The molecule has 2 aromatic rings. The van der Waals surface area contributed by atoms with Crippen LogP contribution in [-0.4, -0.2) is 35.2 Å². The second-order valence-electron chi connectivity index (χ2n) is 7.63. The van der Waals surface area contributed by atoms with E-state index in [4.69, 9.17) is 0 Å². The van der Waals surface area contributed by atoms with Crippen molar-refractivity contribution in [3.05, 3.63) is 70.8 Å². The lowest BCUT2D eigenvalue weighted by Gasteiger charge is -2.24. The molecule has 1 aliphatic carbocycles. The molecule has 4 rings (SSSR count). The number of benzene rings is 2. The first-order valence-electron chi connectivity index (χ1n) is 9.88. The van der Waals surface area contributed by atoms with E-state index in [9.17, 15) is 27.6 Å². The predicted molar refractivity (Wildman–Crippen MR) is 105 cm³/mol. The van der Waals surface area contributed by atoms with Crippen LogP contribution in [0.4, 0.5) is 13.2 Å². The number of amides is 3. The minimum Gasteiger partial charge on any atom is -0.350 e. The Morgan fingerprint density at radius 1 is 1.03 bits per heavy atom. The lowest BCUT2D eigenvalue weighted by molar-refractivity contribution is -0.137. The monoisotopic (exact) mass is 431 g/mol. The molecule has 1 atom stereocenters. The molecular weight excluding hydrogens is 411 g/mol. The number of fused-ring (bicyclic) bond motifs is 1. The zero-order valence-electron chi connectivity index (χ0n) is 16.4. The predicted octanol–water partition coefficient (Wildman–Crippen LogP) is 2.80. The number of nitrogens with one attached hydrogen (secondary N) is 2. The maximum Gasteiger partial charge on any atom is 0.416 e. The van der Waals surface area contributed by atoms with Gasteiger partial charge in [0.2, 0.25) is 11.8 Å². The molecular formula is C22H20F3N3O3. The minimum absolute atomic E-state index is 0.0189. The first-order valence-corrected chi connectivity index (χ1v) is 9.88. The molecule has 2 aliphatic rings. The summed E-state index contributed by atoms with van der Waals surface area (Å²) in [4.78, 5) is 39.2. The van der Waals surface area contributed by atoms with Crippen LogP contribution < -0.4 is 10.6 Å². The zero-order valence-corrected chi connectivity index (χ0v) is 16.4. The molecule has 1 saturated carbocycles. The molecule has 0 radical (unpaired) electrons. The summed E-state index contributed by atoms with van der Waals surface area (Å²) < 4.78 is 38.4. The van der Waals surface area contributed by atoms with E-state index in [0.29, 0.717) is 16.7 Å². The number of alkyl halides is 3. The molecule has 0 aromatic heterocycles. The molecule has 1 fully saturated rings. The summed E-state index contributed by atoms with van der Waals surface area (Å²) in [6, 6.07) is 10.8. The van der Waals surface area contributed by atoms with Crippen LogP contribution in [0.5, 0.6) is 0 Å². The lowest BCUT2D eigenvalue weighted by Crippen LogP contribution is -2.43. The fourth-order valence-corrected chi connectivity index (χ4v) is 3.72. The van der Waals surface area contributed by atoms with E-state index in [1.54, 1.807) is 29.2 Å². The van der Waals surface area contributed by atoms with Gasteiger partial charge in [0.1, 0.15) is 6.04 Å². The van der Waals surface area contributed by atoms with Crippen LogP contribution in [0.15, 0.2) is 48.5 Å². The number of nitrogens with zero attached hydrogens (tertiary/aromatic N) is 1. The van der Waals surface area contributed by atoms with Gasteiger partial charge < -0.3 is 15.5 Å². The third kappa shape index (κ3) is 4.40. The maximum absolute atomic E-state index is 12.8. The fourth-order valence-electron chi connectivity index (χ4n) is 3.72. The van der Waals surface area contributed by atoms with Gasteiger partial charge in [0.05, 0.1) is 12.1 Å². The van der Waals surface area contributed by atoms with Gasteiger partial charge in [-0.2, -0.15) is 13.2 Å². The molecule has 2 aromatic carbocycles. The molecule has 6 nitrogen and oxygen atoms in total. The topological polar surface area (TPSA) is 78.5 Å². The maximum atomic E-state index is 12.8. The quantitative estimate of drug-likeness (QED) is 0.739. The van der Waals surface area contributed by atoms with E-state index in [0.717, 1.165) is 25.0 Å². The third-order valence-electron chi connectivity index (χ3n) is 5.35. The van der Waals surface area contributed by atoms with Gasteiger partial charge in [-0.1, -0.05) is 30.3 Å². The Kier molecular flexibility index (Phi) is 5.43. The van der Waals surface area contributed by atoms with Crippen LogP contribution in [0.2, 0.25) is 0 Å². The Bertz CT molecular complexity index is 1030. The smallest absolute Gasteiger partial charge is 0.350 e. The van der Waals surface area contributed by atoms with Crippen molar-refractivity contribution < 1.29 is 27.6 Å². The van der Waals surface area contributed by atoms with Crippen LogP contribution in [0.25, 0.3) is 0 Å². The van der Waals surface area contributed by atoms with E-state index in [2.05, 4.69) is 10.6 Å². The average Bonchev–Trinajstić information content (AvgIpc) is 3.54. The highest BCUT2D eigenvalue weighted by Gasteiger charge is 2.47. The first-order chi connectivity index (χ1) is 14.8. The zero-order chi connectivity index (χ0) is 22.2. The first kappa shape index (κ1) is 20.9. The Morgan fingerprint density at radius 2 is 1.77 bits per heavy atom. The minimum atomic E-state index is -4.46. The van der Waals surface area contributed by atoms with Crippen molar-refractivity contribution in [1.82, 2.24) is 15.5 Å². The molecule has 2 N–H and O–H groups in total. The Labute approximate surface area is 176 Å². The van der Waals surface area contributed by atoms with Gasteiger partial charge in [-0.25, -0.2) is 0 Å². The summed E-state index contributed by atoms with van der Waals surface area (Å²) in [5.74, 6) is -1.19. The van der Waals surface area contributed by atoms with Crippen LogP contribution in [0, 0.1) is 0 Å². The summed E-state index contributed by atoms with van der Waals surface area (Å²) in [7, 11) is 0. The second kappa shape index (κ2) is 8.05. The summed E-state index contributed by atoms with van der Waals surface area (Å²) in [6.45, 7) is -0.444. The van der Waals surface area contributed by atoms with Gasteiger partial charge in [-0.3, -0.25) is 14.4 Å². The van der Waals surface area contributed by atoms with Crippen molar-refractivity contribution in [3.63, 3.8) is 0 Å². The number of carbonyl (C=O) groups excluding carboxylic acids is 3. The molecule has 1 aliphatic heterocycles. The van der Waals surface area contributed by atoms with Gasteiger partial charge >= 0.3 is 6.18 Å². The summed E-state index contributed by atoms with van der Waals surface area (Å²) >= 11 is 0. The Hall–Kier alpha value is -3.36. The highest BCUT2D eigenvalue weighted by molar-refractivity contribution is 6.05. The highest BCUT2D eigenvalue weighted by Crippen LogP contribution is 2.41. The molecule has 9 heteroatoms. The lowest BCUT2D eigenvalue weighted by atomic mass is 10.0. The van der Waals surface area contributed by atoms with Crippen LogP contribution in [-0.2, 0) is 22.3 Å². The molecule has 1 heterocycles. The second-order valence-corrected chi connectivity index (χ2v) is 7.63. The van der Waals surface area contributed by atoms with Gasteiger partial charge in [-0.05, 0) is 42.2 Å². The van der Waals surface area contributed by atoms with Gasteiger partial charge in [0, 0.05) is 18.2 Å². The van der Waals surface area contributed by atoms with Crippen molar-refractivity contribution >= 4 is 17.7 Å². The number of hydrogen-bond donors (Lipinski definition) is 2. The van der Waals surface area contributed by atoms with E-state index in [1.807, 2.05) is 0 Å². The standard InChI is InChI=1S/C22H20F3N3O3/c23-22(24,25)14-5-3-4-13(10-14)11-26-18(29)12-27-20(30)19-16-6-1-2-7-17(16)21(31)28(19)15-8-9-15/h1-7,10,15,19H,8-9,11-12H2,(H,26,29)(H,27,30). The van der Waals surface area contributed by atoms with Crippen molar-refractivity contribution in [1.29, 1.82) is 0 Å².